The Bertz CT molecular complexity index is 658. The number of ether oxygens (including phenoxy) is 1. The number of carboxylic acids is 1. The number of carboxylic acid groups (broad SMARTS) is 1. The van der Waals surface area contributed by atoms with Crippen LogP contribution in [-0.2, 0) is 11.3 Å². The standard InChI is InChI=1S/C16H19FN2O4/c1-10(2)23-13-6-4-5-12(17)14(13)15(16(20)21)19(3)9-11-7-8-22-18-11/h4-8,10,15H,9H2,1-3H3,(H,20,21)/t15-/m1/s1. The van der Waals surface area contributed by atoms with Gasteiger partial charge in [-0.3, -0.25) is 9.69 Å². The molecule has 1 aromatic heterocycles. The molecular formula is C16H19FN2O4. The molecule has 0 fully saturated rings. The van der Waals surface area contributed by atoms with Crippen LogP contribution in [0.3, 0.4) is 0 Å². The Morgan fingerprint density at radius 3 is 2.74 bits per heavy atom. The Morgan fingerprint density at radius 2 is 2.17 bits per heavy atom. The van der Waals surface area contributed by atoms with Gasteiger partial charge in [-0.15, -0.1) is 0 Å². The van der Waals surface area contributed by atoms with Gasteiger partial charge in [0, 0.05) is 12.6 Å². The zero-order valence-corrected chi connectivity index (χ0v) is 13.2. The maximum absolute atomic E-state index is 14.3. The maximum atomic E-state index is 14.3. The minimum absolute atomic E-state index is 0.000283. The van der Waals surface area contributed by atoms with E-state index in [1.807, 2.05) is 0 Å². The van der Waals surface area contributed by atoms with Crippen molar-refractivity contribution in [1.82, 2.24) is 10.1 Å². The second-order valence-corrected chi connectivity index (χ2v) is 5.46. The van der Waals surface area contributed by atoms with E-state index >= 15 is 0 Å². The third kappa shape index (κ3) is 4.07. The van der Waals surface area contributed by atoms with Crippen LogP contribution in [0.15, 0.2) is 35.1 Å². The summed E-state index contributed by atoms with van der Waals surface area (Å²) in [5, 5.41) is 13.4. The average Bonchev–Trinajstić information content (AvgIpc) is 2.94. The minimum Gasteiger partial charge on any atom is -0.491 e. The van der Waals surface area contributed by atoms with Crippen LogP contribution in [-0.4, -0.2) is 34.3 Å². The molecule has 2 rings (SSSR count). The highest BCUT2D eigenvalue weighted by Gasteiger charge is 2.31. The fourth-order valence-corrected chi connectivity index (χ4v) is 2.34. The molecule has 7 heteroatoms. The summed E-state index contributed by atoms with van der Waals surface area (Å²) >= 11 is 0. The number of aromatic nitrogens is 1. The van der Waals surface area contributed by atoms with Crippen LogP contribution in [0, 0.1) is 5.82 Å². The molecule has 0 spiro atoms. The number of benzene rings is 1. The maximum Gasteiger partial charge on any atom is 0.325 e. The van der Waals surface area contributed by atoms with Crippen molar-refractivity contribution < 1.29 is 23.6 Å². The van der Waals surface area contributed by atoms with Crippen molar-refractivity contribution in [3.63, 3.8) is 0 Å². The zero-order valence-electron chi connectivity index (χ0n) is 13.2. The first-order valence-electron chi connectivity index (χ1n) is 7.17. The van der Waals surface area contributed by atoms with Crippen LogP contribution < -0.4 is 4.74 Å². The summed E-state index contributed by atoms with van der Waals surface area (Å²) in [5.74, 6) is -1.57. The monoisotopic (exact) mass is 322 g/mol. The van der Waals surface area contributed by atoms with Crippen molar-refractivity contribution in [3.8, 4) is 5.75 Å². The van der Waals surface area contributed by atoms with E-state index in [1.165, 1.54) is 23.3 Å². The van der Waals surface area contributed by atoms with E-state index < -0.39 is 17.8 Å². The molecule has 1 atom stereocenters. The third-order valence-electron chi connectivity index (χ3n) is 3.23. The van der Waals surface area contributed by atoms with E-state index in [-0.39, 0.29) is 24.0 Å². The van der Waals surface area contributed by atoms with Crippen molar-refractivity contribution in [2.24, 2.45) is 0 Å². The Labute approximate surface area is 133 Å². The number of likely N-dealkylation sites (N-methyl/N-ethyl adjacent to an activating group) is 1. The van der Waals surface area contributed by atoms with Gasteiger partial charge < -0.3 is 14.4 Å². The molecule has 0 bridgehead atoms. The molecule has 0 radical (unpaired) electrons. The molecule has 1 aromatic carbocycles. The number of rotatable bonds is 7. The molecule has 0 unspecified atom stereocenters. The molecule has 0 aliphatic rings. The van der Waals surface area contributed by atoms with Gasteiger partial charge in [-0.05, 0) is 33.0 Å². The molecule has 0 amide bonds. The van der Waals surface area contributed by atoms with E-state index in [9.17, 15) is 14.3 Å². The summed E-state index contributed by atoms with van der Waals surface area (Å²) in [5.41, 5.74) is 0.557. The summed E-state index contributed by atoms with van der Waals surface area (Å²) in [7, 11) is 1.58. The van der Waals surface area contributed by atoms with Crippen LogP contribution >= 0.6 is 0 Å². The highest BCUT2D eigenvalue weighted by Crippen LogP contribution is 2.33. The quantitative estimate of drug-likeness (QED) is 0.845. The lowest BCUT2D eigenvalue weighted by Crippen LogP contribution is -2.32. The molecule has 23 heavy (non-hydrogen) atoms. The lowest BCUT2D eigenvalue weighted by molar-refractivity contribution is -0.143. The molecule has 0 saturated carbocycles. The molecule has 0 aliphatic carbocycles. The van der Waals surface area contributed by atoms with Gasteiger partial charge in [0.1, 0.15) is 23.9 Å². The first-order chi connectivity index (χ1) is 10.9. The fraction of sp³-hybridized carbons (Fsp3) is 0.375. The highest BCUT2D eigenvalue weighted by atomic mass is 19.1. The van der Waals surface area contributed by atoms with Crippen molar-refractivity contribution in [3.05, 3.63) is 47.6 Å². The average molecular weight is 322 g/mol. The summed E-state index contributed by atoms with van der Waals surface area (Å²) in [6.45, 7) is 3.79. The summed E-state index contributed by atoms with van der Waals surface area (Å²) in [4.78, 5) is 13.2. The Balaban J connectivity index is 2.39. The molecule has 124 valence electrons. The topological polar surface area (TPSA) is 75.8 Å². The van der Waals surface area contributed by atoms with E-state index in [1.54, 1.807) is 33.0 Å². The Kier molecular flexibility index (Phi) is 5.33. The third-order valence-corrected chi connectivity index (χ3v) is 3.23. The van der Waals surface area contributed by atoms with Crippen LogP contribution in [0.2, 0.25) is 0 Å². The number of halogens is 1. The number of hydrogen-bond acceptors (Lipinski definition) is 5. The number of nitrogens with zero attached hydrogens (tertiary/aromatic N) is 2. The van der Waals surface area contributed by atoms with Gasteiger partial charge in [-0.2, -0.15) is 0 Å². The molecule has 2 aromatic rings. The number of carbonyl (C=O) groups is 1. The Morgan fingerprint density at radius 1 is 1.43 bits per heavy atom. The lowest BCUT2D eigenvalue weighted by atomic mass is 10.0. The highest BCUT2D eigenvalue weighted by molar-refractivity contribution is 5.76. The lowest BCUT2D eigenvalue weighted by Gasteiger charge is -2.26. The zero-order chi connectivity index (χ0) is 17.0. The van der Waals surface area contributed by atoms with Gasteiger partial charge in [-0.1, -0.05) is 11.2 Å². The first-order valence-corrected chi connectivity index (χ1v) is 7.17. The molecule has 1 N–H and O–H groups in total. The van der Waals surface area contributed by atoms with Crippen molar-refractivity contribution in [2.45, 2.75) is 32.5 Å². The van der Waals surface area contributed by atoms with E-state index in [4.69, 9.17) is 9.26 Å². The van der Waals surface area contributed by atoms with Crippen LogP contribution in [0.5, 0.6) is 5.75 Å². The molecule has 0 aliphatic heterocycles. The largest absolute Gasteiger partial charge is 0.491 e. The minimum atomic E-state index is -1.21. The van der Waals surface area contributed by atoms with Gasteiger partial charge in [0.2, 0.25) is 0 Å². The SMILES string of the molecule is CC(C)Oc1cccc(F)c1[C@H](C(=O)O)N(C)Cc1ccon1. The molecular weight excluding hydrogens is 303 g/mol. The van der Waals surface area contributed by atoms with Crippen LogP contribution in [0.4, 0.5) is 4.39 Å². The Hall–Kier alpha value is -2.41. The summed E-state index contributed by atoms with van der Waals surface area (Å²) < 4.78 is 24.7. The second kappa shape index (κ2) is 7.23. The number of hydrogen-bond donors (Lipinski definition) is 1. The second-order valence-electron chi connectivity index (χ2n) is 5.46. The fourth-order valence-electron chi connectivity index (χ4n) is 2.34. The molecule has 6 nitrogen and oxygen atoms in total. The van der Waals surface area contributed by atoms with Gasteiger partial charge in [0.05, 0.1) is 17.4 Å². The van der Waals surface area contributed by atoms with E-state index in [2.05, 4.69) is 5.16 Å². The summed E-state index contributed by atoms with van der Waals surface area (Å²) in [6, 6.07) is 4.71. The van der Waals surface area contributed by atoms with E-state index in [0.29, 0.717) is 5.69 Å². The van der Waals surface area contributed by atoms with Crippen molar-refractivity contribution >= 4 is 5.97 Å². The molecule has 1 heterocycles. The van der Waals surface area contributed by atoms with E-state index in [0.717, 1.165) is 0 Å². The van der Waals surface area contributed by atoms with Gasteiger partial charge in [0.25, 0.3) is 0 Å². The smallest absolute Gasteiger partial charge is 0.325 e. The van der Waals surface area contributed by atoms with Crippen LogP contribution in [0.1, 0.15) is 31.1 Å². The van der Waals surface area contributed by atoms with Crippen molar-refractivity contribution in [1.29, 1.82) is 0 Å². The molecule has 0 saturated heterocycles. The summed E-state index contributed by atoms with van der Waals surface area (Å²) in [6.07, 6.45) is 1.20. The predicted octanol–water partition coefficient (Wildman–Crippen LogP) is 2.86. The number of aliphatic carboxylic acids is 1. The van der Waals surface area contributed by atoms with Crippen molar-refractivity contribution in [2.75, 3.05) is 7.05 Å². The van der Waals surface area contributed by atoms with Gasteiger partial charge in [0.15, 0.2) is 0 Å². The van der Waals surface area contributed by atoms with Gasteiger partial charge in [-0.25, -0.2) is 4.39 Å². The normalized spacial score (nSPS) is 12.6. The van der Waals surface area contributed by atoms with Crippen LogP contribution in [0.25, 0.3) is 0 Å². The van der Waals surface area contributed by atoms with Gasteiger partial charge >= 0.3 is 5.97 Å². The first kappa shape index (κ1) is 17.0. The predicted molar refractivity (Wildman–Crippen MR) is 80.5 cm³/mol.